The summed E-state index contributed by atoms with van der Waals surface area (Å²) in [6.45, 7) is 3.27. The largest absolute Gasteiger partial charge is 0.326 e. The number of nitrogens with one attached hydrogen (secondary N) is 2. The van der Waals surface area contributed by atoms with E-state index in [-0.39, 0.29) is 17.1 Å². The number of thioether (sulfide) groups is 2. The van der Waals surface area contributed by atoms with Crippen LogP contribution in [0.5, 0.6) is 0 Å². The van der Waals surface area contributed by atoms with Gasteiger partial charge in [-0.15, -0.1) is 10.2 Å². The molecule has 122 valence electrons. The summed E-state index contributed by atoms with van der Waals surface area (Å²) >= 11 is 4.39. The standard InChI is InChI=1S/C14H16N4O2S3/c1-8(22-14-18-17-13(21-3)23-14)12(20)16-11-6-4-10(5-7-11)15-9(2)19/h4-8H,1-3H3,(H,15,19)(H,16,20)/t8-/m1/s1. The minimum atomic E-state index is -0.285. The fourth-order valence-electron chi connectivity index (χ4n) is 1.62. The average molecular weight is 369 g/mol. The zero-order valence-corrected chi connectivity index (χ0v) is 15.3. The smallest absolute Gasteiger partial charge is 0.237 e. The Balaban J connectivity index is 1.91. The fraction of sp³-hybridized carbons (Fsp3) is 0.286. The zero-order valence-electron chi connectivity index (χ0n) is 12.8. The van der Waals surface area contributed by atoms with Crippen LogP contribution >= 0.6 is 34.9 Å². The van der Waals surface area contributed by atoms with E-state index < -0.39 is 0 Å². The van der Waals surface area contributed by atoms with Crippen molar-refractivity contribution >= 4 is 58.0 Å². The monoisotopic (exact) mass is 368 g/mol. The number of hydrogen-bond acceptors (Lipinski definition) is 7. The third-order valence-electron chi connectivity index (χ3n) is 2.68. The van der Waals surface area contributed by atoms with Gasteiger partial charge in [-0.2, -0.15) is 0 Å². The Labute approximate surface area is 146 Å². The summed E-state index contributed by atoms with van der Waals surface area (Å²) in [5.74, 6) is -0.239. The molecule has 2 N–H and O–H groups in total. The molecule has 2 aromatic rings. The van der Waals surface area contributed by atoms with Crippen LogP contribution in [0.2, 0.25) is 0 Å². The van der Waals surface area contributed by atoms with Crippen molar-refractivity contribution in [3.63, 3.8) is 0 Å². The van der Waals surface area contributed by atoms with E-state index in [1.165, 1.54) is 41.8 Å². The summed E-state index contributed by atoms with van der Waals surface area (Å²) < 4.78 is 1.66. The van der Waals surface area contributed by atoms with Gasteiger partial charge in [-0.05, 0) is 37.4 Å². The Morgan fingerprint density at radius 3 is 2.17 bits per heavy atom. The molecule has 0 saturated carbocycles. The topological polar surface area (TPSA) is 84.0 Å². The molecule has 1 aromatic heterocycles. The van der Waals surface area contributed by atoms with Gasteiger partial charge in [0.25, 0.3) is 0 Å². The molecule has 1 aromatic carbocycles. The van der Waals surface area contributed by atoms with E-state index in [2.05, 4.69) is 20.8 Å². The van der Waals surface area contributed by atoms with Gasteiger partial charge in [0.1, 0.15) is 0 Å². The van der Waals surface area contributed by atoms with Crippen LogP contribution in [-0.2, 0) is 9.59 Å². The molecule has 0 aliphatic heterocycles. The average Bonchev–Trinajstić information content (AvgIpc) is 2.96. The van der Waals surface area contributed by atoms with Gasteiger partial charge in [0.2, 0.25) is 11.8 Å². The molecule has 0 saturated heterocycles. The minimum absolute atomic E-state index is 0.108. The van der Waals surface area contributed by atoms with Gasteiger partial charge in [-0.1, -0.05) is 34.9 Å². The molecule has 2 amide bonds. The first-order chi connectivity index (χ1) is 11.0. The van der Waals surface area contributed by atoms with Crippen molar-refractivity contribution < 1.29 is 9.59 Å². The number of carbonyl (C=O) groups excluding carboxylic acids is 2. The number of hydrogen-bond donors (Lipinski definition) is 2. The highest BCUT2D eigenvalue weighted by Crippen LogP contribution is 2.30. The molecule has 23 heavy (non-hydrogen) atoms. The van der Waals surface area contributed by atoms with Crippen LogP contribution in [0.3, 0.4) is 0 Å². The van der Waals surface area contributed by atoms with Crippen molar-refractivity contribution in [2.24, 2.45) is 0 Å². The van der Waals surface area contributed by atoms with Crippen molar-refractivity contribution in [3.8, 4) is 0 Å². The van der Waals surface area contributed by atoms with E-state index in [1.807, 2.05) is 13.2 Å². The van der Waals surface area contributed by atoms with Crippen LogP contribution < -0.4 is 10.6 Å². The molecule has 2 rings (SSSR count). The maximum Gasteiger partial charge on any atom is 0.237 e. The van der Waals surface area contributed by atoms with Gasteiger partial charge in [0.05, 0.1) is 5.25 Å². The summed E-state index contributed by atoms with van der Waals surface area (Å²) in [7, 11) is 0. The first kappa shape index (κ1) is 17.8. The number of rotatable bonds is 6. The maximum absolute atomic E-state index is 12.2. The van der Waals surface area contributed by atoms with Crippen molar-refractivity contribution in [1.29, 1.82) is 0 Å². The quantitative estimate of drug-likeness (QED) is 0.761. The lowest BCUT2D eigenvalue weighted by Crippen LogP contribution is -2.22. The molecule has 1 atom stereocenters. The number of anilines is 2. The minimum Gasteiger partial charge on any atom is -0.326 e. The lowest BCUT2D eigenvalue weighted by atomic mass is 10.2. The van der Waals surface area contributed by atoms with E-state index in [0.717, 1.165) is 8.68 Å². The molecule has 0 aliphatic carbocycles. The third-order valence-corrected chi connectivity index (χ3v) is 5.77. The summed E-state index contributed by atoms with van der Waals surface area (Å²) in [6, 6.07) is 6.98. The Bertz CT molecular complexity index is 688. The number of amides is 2. The molecule has 0 fully saturated rings. The lowest BCUT2D eigenvalue weighted by Gasteiger charge is -2.11. The third kappa shape index (κ3) is 5.52. The van der Waals surface area contributed by atoms with E-state index >= 15 is 0 Å². The highest BCUT2D eigenvalue weighted by Gasteiger charge is 2.17. The van der Waals surface area contributed by atoms with Gasteiger partial charge in [0.15, 0.2) is 8.68 Å². The van der Waals surface area contributed by atoms with Crippen LogP contribution in [0.15, 0.2) is 32.9 Å². The molecular weight excluding hydrogens is 352 g/mol. The SMILES string of the molecule is CSc1nnc(S[C@H](C)C(=O)Nc2ccc(NC(C)=O)cc2)s1. The lowest BCUT2D eigenvalue weighted by molar-refractivity contribution is -0.115. The molecule has 6 nitrogen and oxygen atoms in total. The first-order valence-corrected chi connectivity index (χ1v) is 9.62. The van der Waals surface area contributed by atoms with Crippen LogP contribution in [0.25, 0.3) is 0 Å². The summed E-state index contributed by atoms with van der Waals surface area (Å²) in [5.41, 5.74) is 1.37. The molecule has 0 unspecified atom stereocenters. The van der Waals surface area contributed by atoms with E-state index in [4.69, 9.17) is 0 Å². The molecule has 0 radical (unpaired) electrons. The molecule has 0 spiro atoms. The predicted molar refractivity (Wildman–Crippen MR) is 96.4 cm³/mol. The second kappa shape index (κ2) is 8.32. The Kier molecular flexibility index (Phi) is 6.43. The van der Waals surface area contributed by atoms with E-state index in [0.29, 0.717) is 11.4 Å². The Morgan fingerprint density at radius 2 is 1.65 bits per heavy atom. The van der Waals surface area contributed by atoms with Crippen molar-refractivity contribution in [1.82, 2.24) is 10.2 Å². The summed E-state index contributed by atoms with van der Waals surface area (Å²) in [4.78, 5) is 23.2. The van der Waals surface area contributed by atoms with Gasteiger partial charge < -0.3 is 10.6 Å². The number of benzene rings is 1. The first-order valence-electron chi connectivity index (χ1n) is 6.70. The second-order valence-electron chi connectivity index (χ2n) is 4.55. The van der Waals surface area contributed by atoms with Crippen molar-refractivity contribution in [2.75, 3.05) is 16.9 Å². The highest BCUT2D eigenvalue weighted by atomic mass is 32.2. The Morgan fingerprint density at radius 1 is 1.09 bits per heavy atom. The summed E-state index contributed by atoms with van der Waals surface area (Å²) in [5, 5.41) is 13.3. The Hall–Kier alpha value is -1.58. The predicted octanol–water partition coefficient (Wildman–Crippen LogP) is 3.34. The van der Waals surface area contributed by atoms with Crippen molar-refractivity contribution in [3.05, 3.63) is 24.3 Å². The van der Waals surface area contributed by atoms with Crippen molar-refractivity contribution in [2.45, 2.75) is 27.8 Å². The van der Waals surface area contributed by atoms with E-state index in [1.54, 1.807) is 24.3 Å². The molecule has 1 heterocycles. The maximum atomic E-state index is 12.2. The van der Waals surface area contributed by atoms with Crippen LogP contribution in [0.1, 0.15) is 13.8 Å². The second-order valence-corrected chi connectivity index (χ2v) is 8.16. The zero-order chi connectivity index (χ0) is 16.8. The van der Waals surface area contributed by atoms with Crippen LogP contribution in [0, 0.1) is 0 Å². The summed E-state index contributed by atoms with van der Waals surface area (Å²) in [6.07, 6.45) is 1.94. The number of carbonyl (C=O) groups is 2. The van der Waals surface area contributed by atoms with Gasteiger partial charge in [0, 0.05) is 18.3 Å². The van der Waals surface area contributed by atoms with Gasteiger partial charge in [-0.25, -0.2) is 0 Å². The molecule has 0 aliphatic rings. The molecule has 9 heteroatoms. The van der Waals surface area contributed by atoms with Gasteiger partial charge in [-0.3, -0.25) is 9.59 Å². The van der Waals surface area contributed by atoms with Gasteiger partial charge >= 0.3 is 0 Å². The van der Waals surface area contributed by atoms with Crippen LogP contribution in [-0.4, -0.2) is 33.5 Å². The number of nitrogens with zero attached hydrogens (tertiary/aromatic N) is 2. The van der Waals surface area contributed by atoms with Crippen LogP contribution in [0.4, 0.5) is 11.4 Å². The number of aromatic nitrogens is 2. The fourth-order valence-corrected chi connectivity index (χ4v) is 4.20. The molecule has 0 bridgehead atoms. The van der Waals surface area contributed by atoms with E-state index in [9.17, 15) is 9.59 Å². The molecular formula is C14H16N4O2S3. The highest BCUT2D eigenvalue weighted by molar-refractivity contribution is 8.03. The normalized spacial score (nSPS) is 11.8.